The van der Waals surface area contributed by atoms with Gasteiger partial charge in [0.15, 0.2) is 0 Å². The number of fused-ring (bicyclic) bond motifs is 1. The maximum Gasteiger partial charge on any atom is 0.346 e. The van der Waals surface area contributed by atoms with Crippen LogP contribution >= 0.6 is 11.3 Å². The lowest BCUT2D eigenvalue weighted by Crippen LogP contribution is -2.27. The van der Waals surface area contributed by atoms with Gasteiger partial charge in [0.05, 0.1) is 12.1 Å². The molecule has 0 aliphatic rings. The lowest BCUT2D eigenvalue weighted by Gasteiger charge is -2.05. The maximum absolute atomic E-state index is 12.2. The van der Waals surface area contributed by atoms with Gasteiger partial charge in [0, 0.05) is 16.5 Å². The maximum atomic E-state index is 12.2. The molecule has 0 unspecified atom stereocenters. The van der Waals surface area contributed by atoms with Gasteiger partial charge in [-0.3, -0.25) is 4.79 Å². The molecule has 0 saturated carbocycles. The Labute approximate surface area is 123 Å². The van der Waals surface area contributed by atoms with Crippen LogP contribution in [0.4, 0.5) is 0 Å². The first kappa shape index (κ1) is 13.4. The van der Waals surface area contributed by atoms with Crippen LogP contribution in [-0.2, 0) is 6.54 Å². The van der Waals surface area contributed by atoms with Crippen molar-refractivity contribution in [2.75, 3.05) is 0 Å². The van der Waals surface area contributed by atoms with Gasteiger partial charge in [0.25, 0.3) is 5.91 Å². The highest BCUT2D eigenvalue weighted by atomic mass is 32.1. The topological polar surface area (TPSA) is 87.7 Å². The fourth-order valence-corrected chi connectivity index (χ4v) is 2.71. The molecule has 1 aromatic carbocycles. The summed E-state index contributed by atoms with van der Waals surface area (Å²) in [6.07, 6.45) is 0. The average Bonchev–Trinajstić information content (AvgIpc) is 2.89. The quantitative estimate of drug-likeness (QED) is 0.769. The fraction of sp³-hybridized carbons (Fsp3) is 0.143. The van der Waals surface area contributed by atoms with E-state index < -0.39 is 5.69 Å². The van der Waals surface area contributed by atoms with Crippen molar-refractivity contribution in [2.24, 2.45) is 0 Å². The predicted molar refractivity (Wildman–Crippen MR) is 80.4 cm³/mol. The zero-order valence-electron chi connectivity index (χ0n) is 11.2. The molecule has 0 saturated heterocycles. The van der Waals surface area contributed by atoms with E-state index in [1.165, 1.54) is 11.3 Å². The summed E-state index contributed by atoms with van der Waals surface area (Å²) in [5, 5.41) is 6.09. The third-order valence-electron chi connectivity index (χ3n) is 2.92. The van der Waals surface area contributed by atoms with Gasteiger partial charge in [-0.05, 0) is 13.0 Å². The van der Waals surface area contributed by atoms with Crippen LogP contribution in [-0.4, -0.2) is 20.9 Å². The number of aryl methyl sites for hydroxylation is 1. The normalized spacial score (nSPS) is 10.7. The second-order valence-corrected chi connectivity index (χ2v) is 5.44. The first-order chi connectivity index (χ1) is 10.1. The number of nitrogens with one attached hydrogen (secondary N) is 2. The minimum atomic E-state index is -0.538. The molecule has 6 nitrogen and oxygen atoms in total. The van der Waals surface area contributed by atoms with E-state index in [0.717, 1.165) is 10.7 Å². The molecule has 0 bridgehead atoms. The SMILES string of the molecule is Cc1csc(CNC(=O)c2nc(=O)[nH]c3ccccc23)n1. The molecule has 2 aromatic heterocycles. The Morgan fingerprint density at radius 3 is 2.90 bits per heavy atom. The summed E-state index contributed by atoms with van der Waals surface area (Å²) in [4.78, 5) is 34.4. The van der Waals surface area contributed by atoms with Gasteiger partial charge in [0.2, 0.25) is 0 Å². The Balaban J connectivity index is 1.89. The number of rotatable bonds is 3. The highest BCUT2D eigenvalue weighted by Gasteiger charge is 2.13. The Morgan fingerprint density at radius 1 is 1.33 bits per heavy atom. The summed E-state index contributed by atoms with van der Waals surface area (Å²) in [5.74, 6) is -0.384. The molecule has 21 heavy (non-hydrogen) atoms. The number of H-pyrrole nitrogens is 1. The van der Waals surface area contributed by atoms with Crippen molar-refractivity contribution in [3.63, 3.8) is 0 Å². The second kappa shape index (κ2) is 5.45. The molecule has 0 aliphatic carbocycles. The number of thiazole rings is 1. The summed E-state index contributed by atoms with van der Waals surface area (Å²) >= 11 is 1.48. The van der Waals surface area contributed by atoms with E-state index in [2.05, 4.69) is 20.3 Å². The van der Waals surface area contributed by atoms with Crippen molar-refractivity contribution in [1.82, 2.24) is 20.3 Å². The first-order valence-electron chi connectivity index (χ1n) is 6.32. The van der Waals surface area contributed by atoms with Gasteiger partial charge >= 0.3 is 5.69 Å². The van der Waals surface area contributed by atoms with Crippen molar-refractivity contribution in [3.8, 4) is 0 Å². The number of aromatic amines is 1. The Morgan fingerprint density at radius 2 is 2.14 bits per heavy atom. The van der Waals surface area contributed by atoms with Crippen molar-refractivity contribution in [2.45, 2.75) is 13.5 Å². The lowest BCUT2D eigenvalue weighted by molar-refractivity contribution is 0.0947. The van der Waals surface area contributed by atoms with Crippen LogP contribution in [0.15, 0.2) is 34.4 Å². The molecular formula is C14H12N4O2S. The summed E-state index contributed by atoms with van der Waals surface area (Å²) < 4.78 is 0. The largest absolute Gasteiger partial charge is 0.346 e. The van der Waals surface area contributed by atoms with Crippen LogP contribution in [0, 0.1) is 6.92 Å². The standard InChI is InChI=1S/C14H12N4O2S/c1-8-7-21-11(16-8)6-15-13(19)12-9-4-2-3-5-10(9)17-14(20)18-12/h2-5,7H,6H2,1H3,(H,15,19)(H,17,18,20). The van der Waals surface area contributed by atoms with Gasteiger partial charge < -0.3 is 10.3 Å². The number of para-hydroxylation sites is 1. The summed E-state index contributed by atoms with van der Waals surface area (Å²) in [7, 11) is 0. The number of benzene rings is 1. The third kappa shape index (κ3) is 2.82. The molecule has 0 radical (unpaired) electrons. The Bertz CT molecular complexity index is 869. The Hall–Kier alpha value is -2.54. The van der Waals surface area contributed by atoms with E-state index in [4.69, 9.17) is 0 Å². The third-order valence-corrected chi connectivity index (χ3v) is 3.89. The van der Waals surface area contributed by atoms with Crippen LogP contribution in [0.3, 0.4) is 0 Å². The molecule has 0 atom stereocenters. The van der Waals surface area contributed by atoms with Crippen molar-refractivity contribution < 1.29 is 4.79 Å². The predicted octanol–water partition coefficient (Wildman–Crippen LogP) is 1.62. The average molecular weight is 300 g/mol. The molecule has 3 aromatic rings. The van der Waals surface area contributed by atoms with Crippen molar-refractivity contribution in [3.05, 3.63) is 56.5 Å². The zero-order chi connectivity index (χ0) is 14.8. The molecular weight excluding hydrogens is 288 g/mol. The number of hydrogen-bond acceptors (Lipinski definition) is 5. The number of carbonyl (C=O) groups excluding carboxylic acids is 1. The molecule has 3 rings (SSSR count). The van der Waals surface area contributed by atoms with Gasteiger partial charge in [0.1, 0.15) is 10.7 Å². The molecule has 0 fully saturated rings. The zero-order valence-corrected chi connectivity index (χ0v) is 12.0. The number of aromatic nitrogens is 3. The molecule has 2 heterocycles. The molecule has 0 aliphatic heterocycles. The Kier molecular flexibility index (Phi) is 3.49. The van der Waals surface area contributed by atoms with Gasteiger partial charge in [-0.25, -0.2) is 9.78 Å². The van der Waals surface area contributed by atoms with Crippen LogP contribution in [0.1, 0.15) is 21.2 Å². The summed E-state index contributed by atoms with van der Waals surface area (Å²) in [6.45, 7) is 2.22. The molecule has 1 amide bonds. The van der Waals surface area contributed by atoms with Gasteiger partial charge in [-0.15, -0.1) is 11.3 Å². The molecule has 2 N–H and O–H groups in total. The van der Waals surface area contributed by atoms with E-state index in [9.17, 15) is 9.59 Å². The fourth-order valence-electron chi connectivity index (χ4n) is 2.00. The highest BCUT2D eigenvalue weighted by Crippen LogP contribution is 2.13. The lowest BCUT2D eigenvalue weighted by atomic mass is 10.2. The van der Waals surface area contributed by atoms with Crippen molar-refractivity contribution >= 4 is 28.1 Å². The number of amides is 1. The highest BCUT2D eigenvalue weighted by molar-refractivity contribution is 7.09. The van der Waals surface area contributed by atoms with Gasteiger partial charge in [-0.1, -0.05) is 18.2 Å². The van der Waals surface area contributed by atoms with Crippen LogP contribution in [0.5, 0.6) is 0 Å². The van der Waals surface area contributed by atoms with E-state index in [0.29, 0.717) is 17.4 Å². The molecule has 7 heteroatoms. The minimum absolute atomic E-state index is 0.127. The van der Waals surface area contributed by atoms with E-state index in [-0.39, 0.29) is 11.6 Å². The monoisotopic (exact) mass is 300 g/mol. The van der Waals surface area contributed by atoms with Crippen molar-refractivity contribution in [1.29, 1.82) is 0 Å². The summed E-state index contributed by atoms with van der Waals surface area (Å²) in [5.41, 5.74) is 1.10. The van der Waals surface area contributed by atoms with E-state index in [1.807, 2.05) is 12.3 Å². The van der Waals surface area contributed by atoms with Crippen LogP contribution < -0.4 is 11.0 Å². The first-order valence-corrected chi connectivity index (χ1v) is 7.20. The number of hydrogen-bond donors (Lipinski definition) is 2. The number of nitrogens with zero attached hydrogens (tertiary/aromatic N) is 2. The second-order valence-electron chi connectivity index (χ2n) is 4.50. The molecule has 106 valence electrons. The molecule has 0 spiro atoms. The van der Waals surface area contributed by atoms with Crippen LogP contribution in [0.2, 0.25) is 0 Å². The minimum Gasteiger partial charge on any atom is -0.344 e. The number of carbonyl (C=O) groups is 1. The van der Waals surface area contributed by atoms with E-state index in [1.54, 1.807) is 24.3 Å². The smallest absolute Gasteiger partial charge is 0.344 e. The van der Waals surface area contributed by atoms with Gasteiger partial charge in [-0.2, -0.15) is 4.98 Å². The van der Waals surface area contributed by atoms with E-state index >= 15 is 0 Å². The van der Waals surface area contributed by atoms with Crippen LogP contribution in [0.25, 0.3) is 10.9 Å². The summed E-state index contributed by atoms with van der Waals surface area (Å²) in [6, 6.07) is 7.07.